The summed E-state index contributed by atoms with van der Waals surface area (Å²) in [7, 11) is 0. The summed E-state index contributed by atoms with van der Waals surface area (Å²) >= 11 is 0. The first kappa shape index (κ1) is 17.7. The molecule has 0 radical (unpaired) electrons. The van der Waals surface area contributed by atoms with E-state index in [9.17, 15) is 4.79 Å². The molecule has 4 atom stereocenters. The summed E-state index contributed by atoms with van der Waals surface area (Å²) in [6.45, 7) is 1.07. The molecule has 4 heteroatoms. The Bertz CT molecular complexity index is 925. The number of Topliss-reactive ketones (excluding diaryl/α,β-unsaturated/α-hetero) is 1. The maximum atomic E-state index is 12.3. The summed E-state index contributed by atoms with van der Waals surface area (Å²) in [4.78, 5) is 17.7. The van der Waals surface area contributed by atoms with Gasteiger partial charge in [-0.3, -0.25) is 14.6 Å². The molecule has 4 aliphatic heterocycles. The Morgan fingerprint density at radius 2 is 1.55 bits per heavy atom. The lowest BCUT2D eigenvalue weighted by molar-refractivity contribution is -0.127. The van der Waals surface area contributed by atoms with Crippen LogP contribution >= 0.6 is 0 Å². The number of nitrogens with one attached hydrogen (secondary N) is 1. The van der Waals surface area contributed by atoms with Crippen LogP contribution in [0.25, 0.3) is 0 Å². The second-order valence-corrected chi connectivity index (χ2v) is 9.20. The largest absolute Gasteiger partial charge is 0.369 e. The molecule has 0 aliphatic carbocycles. The van der Waals surface area contributed by atoms with Crippen LogP contribution in [0.5, 0.6) is 0 Å². The quantitative estimate of drug-likeness (QED) is 0.841. The molecule has 2 bridgehead atoms. The lowest BCUT2D eigenvalue weighted by Gasteiger charge is -2.51. The molecular weight excluding hydrogens is 358 g/mol. The van der Waals surface area contributed by atoms with Crippen LogP contribution in [0.4, 0.5) is 5.69 Å². The van der Waals surface area contributed by atoms with Crippen molar-refractivity contribution in [1.29, 1.82) is 0 Å². The average molecular weight is 388 g/mol. The van der Waals surface area contributed by atoms with Gasteiger partial charge in [0.2, 0.25) is 0 Å². The number of anilines is 1. The summed E-state index contributed by atoms with van der Waals surface area (Å²) in [5.41, 5.74) is 5.67. The molecule has 1 N–H and O–H groups in total. The Hall–Kier alpha value is -2.17. The molecule has 4 unspecified atom stereocenters. The van der Waals surface area contributed by atoms with E-state index < -0.39 is 0 Å². The Kier molecular flexibility index (Phi) is 4.24. The van der Waals surface area contributed by atoms with Crippen molar-refractivity contribution in [2.24, 2.45) is 0 Å². The topological polar surface area (TPSA) is 35.6 Å². The Morgan fingerprint density at radius 1 is 0.828 bits per heavy atom. The standard InChI is InChI=1S/C25H29N3O/c29-21-15-19-10-11-20(16-21)28(19)25-22-7-3-1-5-17(22)13-14-27(25)24-12-9-18-6-2-4-8-23(18)26-24/h1-8,19-20,24-26H,9-16H2. The van der Waals surface area contributed by atoms with Crippen LogP contribution < -0.4 is 5.32 Å². The van der Waals surface area contributed by atoms with Crippen molar-refractivity contribution in [2.75, 3.05) is 11.9 Å². The molecule has 2 saturated heterocycles. The van der Waals surface area contributed by atoms with Crippen molar-refractivity contribution in [1.82, 2.24) is 9.80 Å². The molecular formula is C25H29N3O. The summed E-state index contributed by atoms with van der Waals surface area (Å²) in [5.74, 6) is 0.467. The second kappa shape index (κ2) is 6.96. The van der Waals surface area contributed by atoms with Gasteiger partial charge in [0.25, 0.3) is 0 Å². The van der Waals surface area contributed by atoms with Crippen molar-refractivity contribution < 1.29 is 4.79 Å². The lowest BCUT2D eigenvalue weighted by atomic mass is 9.90. The van der Waals surface area contributed by atoms with Crippen molar-refractivity contribution >= 4 is 11.5 Å². The minimum atomic E-state index is 0.285. The number of nitrogens with zero attached hydrogens (tertiary/aromatic N) is 2. The molecule has 4 nitrogen and oxygen atoms in total. The molecule has 29 heavy (non-hydrogen) atoms. The third kappa shape index (κ3) is 2.92. The number of benzene rings is 2. The fourth-order valence-corrected chi connectivity index (χ4v) is 6.30. The van der Waals surface area contributed by atoms with Crippen molar-refractivity contribution in [3.63, 3.8) is 0 Å². The molecule has 150 valence electrons. The molecule has 0 amide bonds. The predicted octanol–water partition coefficient (Wildman–Crippen LogP) is 4.12. The third-order valence-electron chi connectivity index (χ3n) is 7.60. The Labute approximate surface area is 172 Å². The number of hydrogen-bond donors (Lipinski definition) is 1. The summed E-state index contributed by atoms with van der Waals surface area (Å²) in [6.07, 6.45) is 7.83. The zero-order valence-electron chi connectivity index (χ0n) is 16.9. The maximum Gasteiger partial charge on any atom is 0.136 e. The summed E-state index contributed by atoms with van der Waals surface area (Å²) in [5, 5.41) is 3.86. The highest BCUT2D eigenvalue weighted by Gasteiger charge is 2.48. The summed E-state index contributed by atoms with van der Waals surface area (Å²) < 4.78 is 0. The van der Waals surface area contributed by atoms with E-state index in [-0.39, 0.29) is 6.17 Å². The van der Waals surface area contributed by atoms with Crippen molar-refractivity contribution in [3.05, 3.63) is 65.2 Å². The number of rotatable bonds is 2. The van der Waals surface area contributed by atoms with Crippen LogP contribution in [0, 0.1) is 0 Å². The number of carbonyl (C=O) groups excluding carboxylic acids is 1. The zero-order chi connectivity index (χ0) is 19.4. The van der Waals surface area contributed by atoms with E-state index in [4.69, 9.17) is 0 Å². The van der Waals surface area contributed by atoms with Crippen molar-refractivity contribution in [2.45, 2.75) is 69.4 Å². The van der Waals surface area contributed by atoms with Gasteiger partial charge in [-0.25, -0.2) is 0 Å². The van der Waals surface area contributed by atoms with Crippen LogP contribution in [-0.2, 0) is 17.6 Å². The van der Waals surface area contributed by atoms with Crippen LogP contribution in [0.2, 0.25) is 0 Å². The van der Waals surface area contributed by atoms with Gasteiger partial charge in [0.05, 0.1) is 12.3 Å². The Balaban J connectivity index is 1.38. The molecule has 0 saturated carbocycles. The maximum absolute atomic E-state index is 12.3. The SMILES string of the molecule is O=C1CC2CCC(C1)N2C1c2ccccc2CCN1C1CCc2ccccc2N1. The van der Waals surface area contributed by atoms with Crippen molar-refractivity contribution in [3.8, 4) is 0 Å². The predicted molar refractivity (Wildman–Crippen MR) is 115 cm³/mol. The van der Waals surface area contributed by atoms with Gasteiger partial charge in [-0.2, -0.15) is 0 Å². The van der Waals surface area contributed by atoms with Gasteiger partial charge in [0.1, 0.15) is 5.78 Å². The highest BCUT2D eigenvalue weighted by molar-refractivity contribution is 5.81. The van der Waals surface area contributed by atoms with Crippen LogP contribution in [-0.4, -0.2) is 40.4 Å². The van der Waals surface area contributed by atoms with E-state index in [0.717, 1.165) is 38.6 Å². The zero-order valence-corrected chi connectivity index (χ0v) is 16.9. The van der Waals surface area contributed by atoms with Gasteiger partial charge in [-0.15, -0.1) is 0 Å². The van der Waals surface area contributed by atoms with Crippen LogP contribution in [0.1, 0.15) is 55.0 Å². The fraction of sp³-hybridized carbons (Fsp3) is 0.480. The van der Waals surface area contributed by atoms with Gasteiger partial charge >= 0.3 is 0 Å². The van der Waals surface area contributed by atoms with E-state index >= 15 is 0 Å². The number of fused-ring (bicyclic) bond motifs is 4. The molecule has 0 spiro atoms. The molecule has 4 heterocycles. The number of carbonyl (C=O) groups is 1. The third-order valence-corrected chi connectivity index (χ3v) is 7.60. The lowest BCUT2D eigenvalue weighted by Crippen LogP contribution is -2.57. The first-order valence-corrected chi connectivity index (χ1v) is 11.2. The average Bonchev–Trinajstić information content (AvgIpc) is 3.02. The highest BCUT2D eigenvalue weighted by atomic mass is 16.1. The Morgan fingerprint density at radius 3 is 2.38 bits per heavy atom. The van der Waals surface area contributed by atoms with Crippen LogP contribution in [0.15, 0.2) is 48.5 Å². The molecule has 2 aromatic rings. The fourth-order valence-electron chi connectivity index (χ4n) is 6.30. The van der Waals surface area contributed by atoms with E-state index in [1.165, 1.54) is 35.2 Å². The normalized spacial score (nSPS) is 31.8. The van der Waals surface area contributed by atoms with Gasteiger partial charge in [0, 0.05) is 37.2 Å². The number of hydrogen-bond acceptors (Lipinski definition) is 4. The number of para-hydroxylation sites is 1. The monoisotopic (exact) mass is 387 g/mol. The van der Waals surface area contributed by atoms with E-state index in [0.29, 0.717) is 24.0 Å². The first-order valence-electron chi connectivity index (χ1n) is 11.2. The smallest absolute Gasteiger partial charge is 0.136 e. The number of ketones is 1. The second-order valence-electron chi connectivity index (χ2n) is 9.20. The number of aryl methyl sites for hydroxylation is 1. The molecule has 2 aromatic carbocycles. The highest BCUT2D eigenvalue weighted by Crippen LogP contribution is 2.45. The van der Waals surface area contributed by atoms with Gasteiger partial charge in [-0.1, -0.05) is 42.5 Å². The van der Waals surface area contributed by atoms with Gasteiger partial charge in [0.15, 0.2) is 0 Å². The number of piperidine rings is 1. The van der Waals surface area contributed by atoms with E-state index in [2.05, 4.69) is 63.6 Å². The first-order chi connectivity index (χ1) is 14.3. The minimum Gasteiger partial charge on any atom is -0.369 e. The molecule has 2 fully saturated rings. The molecule has 0 aromatic heterocycles. The van der Waals surface area contributed by atoms with E-state index in [1.807, 2.05) is 0 Å². The van der Waals surface area contributed by atoms with Gasteiger partial charge < -0.3 is 5.32 Å². The molecule has 4 aliphatic rings. The summed E-state index contributed by atoms with van der Waals surface area (Å²) in [6, 6.07) is 18.6. The van der Waals surface area contributed by atoms with E-state index in [1.54, 1.807) is 0 Å². The van der Waals surface area contributed by atoms with Gasteiger partial charge in [-0.05, 0) is 54.9 Å². The van der Waals surface area contributed by atoms with Crippen LogP contribution in [0.3, 0.4) is 0 Å². The molecule has 6 rings (SSSR count). The minimum absolute atomic E-state index is 0.285.